The minimum absolute atomic E-state index is 0.206. The van der Waals surface area contributed by atoms with E-state index < -0.39 is 5.97 Å². The molecule has 0 saturated heterocycles. The summed E-state index contributed by atoms with van der Waals surface area (Å²) in [4.78, 5) is 14.4. The van der Waals surface area contributed by atoms with Gasteiger partial charge in [0.05, 0.1) is 6.54 Å². The highest BCUT2D eigenvalue weighted by Crippen LogP contribution is 2.24. The van der Waals surface area contributed by atoms with Crippen LogP contribution in [-0.2, 0) is 9.53 Å². The fraction of sp³-hybridized carbons (Fsp3) is 0.200. The molecule has 0 amide bonds. The third-order valence-corrected chi connectivity index (χ3v) is 2.61. The molecule has 1 N–H and O–H groups in total. The Kier molecular flexibility index (Phi) is 2.73. The van der Waals surface area contributed by atoms with Crippen LogP contribution in [0.5, 0.6) is 0 Å². The molecule has 0 aromatic heterocycles. The maximum absolute atomic E-state index is 10.6. The van der Waals surface area contributed by atoms with Crippen molar-refractivity contribution in [2.45, 2.75) is 6.10 Å². The maximum Gasteiger partial charge on any atom is 0.391 e. The highest BCUT2D eigenvalue weighted by molar-refractivity contribution is 9.10. The molecule has 0 radical (unpaired) electrons. The predicted octanol–water partition coefficient (Wildman–Crippen LogP) is 2.00. The van der Waals surface area contributed by atoms with Crippen molar-refractivity contribution >= 4 is 27.8 Å². The molecule has 15 heavy (non-hydrogen) atoms. The Morgan fingerprint density at radius 1 is 1.47 bits per heavy atom. The molecule has 0 bridgehead atoms. The zero-order valence-electron chi connectivity index (χ0n) is 7.68. The lowest BCUT2D eigenvalue weighted by atomic mass is 10.1. The van der Waals surface area contributed by atoms with E-state index in [9.17, 15) is 4.79 Å². The fourth-order valence-electron chi connectivity index (χ4n) is 1.34. The smallest absolute Gasteiger partial charge is 0.391 e. The number of hydrogen-bond donors (Lipinski definition) is 1. The SMILES string of the molecule is O=C(O)C1=NCC(c2ccc(Br)cc2)O1. The van der Waals surface area contributed by atoms with Crippen molar-refractivity contribution in [2.24, 2.45) is 4.99 Å². The number of carboxylic acid groups (broad SMARTS) is 1. The van der Waals surface area contributed by atoms with Crippen molar-refractivity contribution in [1.82, 2.24) is 0 Å². The quantitative estimate of drug-likeness (QED) is 0.894. The van der Waals surface area contributed by atoms with E-state index in [1.165, 1.54) is 0 Å². The summed E-state index contributed by atoms with van der Waals surface area (Å²) in [5.74, 6) is -1.32. The molecule has 1 aromatic rings. The summed E-state index contributed by atoms with van der Waals surface area (Å²) in [5.41, 5.74) is 0.929. The van der Waals surface area contributed by atoms with Crippen molar-refractivity contribution in [3.05, 3.63) is 34.3 Å². The minimum Gasteiger partial charge on any atom is -0.474 e. The molecule has 2 rings (SSSR count). The molecule has 0 aliphatic carbocycles. The maximum atomic E-state index is 10.6. The van der Waals surface area contributed by atoms with Gasteiger partial charge in [-0.25, -0.2) is 9.79 Å². The van der Waals surface area contributed by atoms with Crippen LogP contribution in [0.2, 0.25) is 0 Å². The van der Waals surface area contributed by atoms with Gasteiger partial charge in [-0.2, -0.15) is 0 Å². The topological polar surface area (TPSA) is 58.9 Å². The highest BCUT2D eigenvalue weighted by atomic mass is 79.9. The van der Waals surface area contributed by atoms with Crippen molar-refractivity contribution in [1.29, 1.82) is 0 Å². The van der Waals surface area contributed by atoms with Gasteiger partial charge in [-0.3, -0.25) is 0 Å². The van der Waals surface area contributed by atoms with Crippen molar-refractivity contribution in [2.75, 3.05) is 6.54 Å². The number of nitrogens with zero attached hydrogens (tertiary/aromatic N) is 1. The Labute approximate surface area is 94.7 Å². The number of carbonyl (C=O) groups is 1. The average molecular weight is 270 g/mol. The standard InChI is InChI=1S/C10H8BrNO3/c11-7-3-1-6(2-4-7)8-5-12-9(15-8)10(13)14/h1-4,8H,5H2,(H,13,14). The summed E-state index contributed by atoms with van der Waals surface area (Å²) in [6, 6.07) is 7.54. The first-order valence-electron chi connectivity index (χ1n) is 4.36. The van der Waals surface area contributed by atoms with E-state index in [1.54, 1.807) is 0 Å². The molecule has 78 valence electrons. The van der Waals surface area contributed by atoms with Gasteiger partial charge >= 0.3 is 5.97 Å². The Morgan fingerprint density at radius 3 is 2.67 bits per heavy atom. The Balaban J connectivity index is 2.10. The molecule has 1 atom stereocenters. The lowest BCUT2D eigenvalue weighted by Gasteiger charge is -2.09. The Hall–Kier alpha value is -1.36. The Morgan fingerprint density at radius 2 is 2.13 bits per heavy atom. The first-order chi connectivity index (χ1) is 7.16. The third-order valence-electron chi connectivity index (χ3n) is 2.08. The fourth-order valence-corrected chi connectivity index (χ4v) is 1.61. The molecule has 0 spiro atoms. The lowest BCUT2D eigenvalue weighted by molar-refractivity contribution is -0.131. The van der Waals surface area contributed by atoms with E-state index in [0.29, 0.717) is 6.54 Å². The zero-order valence-corrected chi connectivity index (χ0v) is 9.27. The zero-order chi connectivity index (χ0) is 10.8. The van der Waals surface area contributed by atoms with Gasteiger partial charge in [0, 0.05) is 4.47 Å². The van der Waals surface area contributed by atoms with Gasteiger partial charge in [-0.15, -0.1) is 0 Å². The first-order valence-corrected chi connectivity index (χ1v) is 5.16. The van der Waals surface area contributed by atoms with Crippen LogP contribution in [0.15, 0.2) is 33.7 Å². The number of halogens is 1. The van der Waals surface area contributed by atoms with E-state index in [2.05, 4.69) is 20.9 Å². The number of aliphatic imine (C=N–C) groups is 1. The van der Waals surface area contributed by atoms with Crippen LogP contribution in [0.4, 0.5) is 0 Å². The van der Waals surface area contributed by atoms with E-state index in [0.717, 1.165) is 10.0 Å². The number of ether oxygens (including phenoxy) is 1. The second-order valence-electron chi connectivity index (χ2n) is 3.11. The number of benzene rings is 1. The Bertz CT molecular complexity index is 413. The highest BCUT2D eigenvalue weighted by Gasteiger charge is 2.25. The van der Waals surface area contributed by atoms with Crippen molar-refractivity contribution < 1.29 is 14.6 Å². The van der Waals surface area contributed by atoms with Gasteiger partial charge in [-0.1, -0.05) is 28.1 Å². The van der Waals surface area contributed by atoms with Crippen molar-refractivity contribution in [3.8, 4) is 0 Å². The van der Waals surface area contributed by atoms with Crippen LogP contribution in [0.1, 0.15) is 11.7 Å². The largest absolute Gasteiger partial charge is 0.474 e. The minimum atomic E-state index is -1.12. The van der Waals surface area contributed by atoms with E-state index in [-0.39, 0.29) is 12.0 Å². The van der Waals surface area contributed by atoms with Crippen LogP contribution in [0.3, 0.4) is 0 Å². The van der Waals surface area contributed by atoms with Gasteiger partial charge in [0.25, 0.3) is 5.90 Å². The van der Waals surface area contributed by atoms with Crippen molar-refractivity contribution in [3.63, 3.8) is 0 Å². The molecule has 0 fully saturated rings. The van der Waals surface area contributed by atoms with E-state index >= 15 is 0 Å². The van der Waals surface area contributed by atoms with Crippen LogP contribution >= 0.6 is 15.9 Å². The summed E-state index contributed by atoms with van der Waals surface area (Å²) in [5, 5.41) is 8.66. The lowest BCUT2D eigenvalue weighted by Crippen LogP contribution is -2.14. The molecule has 0 saturated carbocycles. The summed E-state index contributed by atoms with van der Waals surface area (Å²) >= 11 is 3.33. The number of rotatable bonds is 2. The molecular weight excluding hydrogens is 262 g/mol. The van der Waals surface area contributed by atoms with Gasteiger partial charge in [0.15, 0.2) is 0 Å². The van der Waals surface area contributed by atoms with Crippen LogP contribution in [-0.4, -0.2) is 23.5 Å². The first kappa shape index (κ1) is 10.2. The average Bonchev–Trinajstić information content (AvgIpc) is 2.68. The molecule has 1 unspecified atom stereocenters. The summed E-state index contributed by atoms with van der Waals surface area (Å²) < 4.78 is 6.16. The van der Waals surface area contributed by atoms with Crippen LogP contribution < -0.4 is 0 Å². The normalized spacial score (nSPS) is 19.5. The van der Waals surface area contributed by atoms with Gasteiger partial charge in [0.1, 0.15) is 6.10 Å². The molecule has 5 heteroatoms. The summed E-state index contributed by atoms with van der Waals surface area (Å²) in [7, 11) is 0. The molecule has 1 aliphatic rings. The molecule has 1 aliphatic heterocycles. The second kappa shape index (κ2) is 4.02. The monoisotopic (exact) mass is 269 g/mol. The molecule has 1 heterocycles. The van der Waals surface area contributed by atoms with Crippen LogP contribution in [0.25, 0.3) is 0 Å². The summed E-state index contributed by atoms with van der Waals surface area (Å²) in [6.45, 7) is 0.364. The van der Waals surface area contributed by atoms with Crippen LogP contribution in [0, 0.1) is 0 Å². The summed E-state index contributed by atoms with van der Waals surface area (Å²) in [6.07, 6.45) is -0.274. The van der Waals surface area contributed by atoms with E-state index in [1.807, 2.05) is 24.3 Å². The predicted molar refractivity (Wildman–Crippen MR) is 57.9 cm³/mol. The third kappa shape index (κ3) is 2.18. The van der Waals surface area contributed by atoms with Gasteiger partial charge < -0.3 is 9.84 Å². The number of hydrogen-bond acceptors (Lipinski definition) is 3. The molecule has 4 nitrogen and oxygen atoms in total. The molecular formula is C10H8BrNO3. The second-order valence-corrected chi connectivity index (χ2v) is 4.02. The van der Waals surface area contributed by atoms with Gasteiger partial charge in [0.2, 0.25) is 0 Å². The molecule has 1 aromatic carbocycles. The number of carboxylic acids is 1. The van der Waals surface area contributed by atoms with E-state index in [4.69, 9.17) is 9.84 Å². The van der Waals surface area contributed by atoms with Gasteiger partial charge in [-0.05, 0) is 17.7 Å². The number of aliphatic carboxylic acids is 1.